The number of halogens is 5. The number of nitrogens with one attached hydrogen (secondary N) is 1. The predicted molar refractivity (Wildman–Crippen MR) is 76.1 cm³/mol. The lowest BCUT2D eigenvalue weighted by molar-refractivity contribution is -0.399. The monoisotopic (exact) mass is 331 g/mol. The van der Waals surface area contributed by atoms with E-state index < -0.39 is 18.5 Å². The van der Waals surface area contributed by atoms with Gasteiger partial charge in [0.25, 0.3) is 0 Å². The predicted octanol–water partition coefficient (Wildman–Crippen LogP) is 4.84. The van der Waals surface area contributed by atoms with Crippen molar-refractivity contribution in [2.24, 2.45) is 0 Å². The molecule has 0 radical (unpaired) electrons. The first-order valence-electron chi connectivity index (χ1n) is 6.76. The second kappa shape index (κ2) is 6.95. The van der Waals surface area contributed by atoms with Crippen LogP contribution in [0.1, 0.15) is 5.56 Å². The molecule has 124 valence electrons. The molecule has 2 aromatic carbocycles. The molecule has 0 saturated heterocycles. The normalized spacial score (nSPS) is 13.6. The summed E-state index contributed by atoms with van der Waals surface area (Å²) >= 11 is 0. The Morgan fingerprint density at radius 2 is 1.35 bits per heavy atom. The quantitative estimate of drug-likeness (QED) is 0.604. The molecule has 0 aromatic heterocycles. The van der Waals surface area contributed by atoms with Gasteiger partial charge in [-0.2, -0.15) is 22.0 Å². The maximum absolute atomic E-state index is 13.2. The molecule has 0 fully saturated rings. The highest BCUT2D eigenvalue weighted by Gasteiger charge is 2.60. The van der Waals surface area contributed by atoms with Crippen LogP contribution in [0.3, 0.4) is 0 Å². The van der Waals surface area contributed by atoms with Crippen LogP contribution in [0.15, 0.2) is 60.7 Å². The highest BCUT2D eigenvalue weighted by atomic mass is 19.4. The summed E-state index contributed by atoms with van der Waals surface area (Å²) in [5.74, 6) is 0. The molecule has 0 saturated carbocycles. The van der Waals surface area contributed by atoms with Gasteiger partial charge in [-0.05, 0) is 17.7 Å². The lowest BCUT2D eigenvalue weighted by Gasteiger charge is -2.27. The van der Waals surface area contributed by atoms with E-state index in [0.717, 1.165) is 0 Å². The van der Waals surface area contributed by atoms with Crippen molar-refractivity contribution in [3.05, 3.63) is 66.2 Å². The van der Waals surface area contributed by atoms with Crippen LogP contribution in [0.4, 0.5) is 27.6 Å². The van der Waals surface area contributed by atoms with Crippen molar-refractivity contribution in [1.82, 2.24) is 0 Å². The fourth-order valence-electron chi connectivity index (χ4n) is 1.92. The van der Waals surface area contributed by atoms with Crippen molar-refractivity contribution < 1.29 is 26.7 Å². The highest BCUT2D eigenvalue weighted by Crippen LogP contribution is 2.37. The first-order valence-corrected chi connectivity index (χ1v) is 6.76. The van der Waals surface area contributed by atoms with Gasteiger partial charge in [0, 0.05) is 12.1 Å². The third-order valence-corrected chi connectivity index (χ3v) is 2.99. The molecule has 7 heteroatoms. The number of para-hydroxylation sites is 1. The number of hydrogen-bond acceptors (Lipinski definition) is 2. The van der Waals surface area contributed by atoms with Crippen LogP contribution in [0.5, 0.6) is 0 Å². The first-order chi connectivity index (χ1) is 10.8. The zero-order valence-electron chi connectivity index (χ0n) is 11.9. The molecule has 2 rings (SSSR count). The number of rotatable bonds is 6. The van der Waals surface area contributed by atoms with E-state index in [2.05, 4.69) is 10.1 Å². The Morgan fingerprint density at radius 3 is 1.87 bits per heavy atom. The van der Waals surface area contributed by atoms with Gasteiger partial charge >= 0.3 is 12.3 Å². The second-order valence-electron chi connectivity index (χ2n) is 4.82. The zero-order chi connectivity index (χ0) is 16.9. The van der Waals surface area contributed by atoms with Crippen LogP contribution >= 0.6 is 0 Å². The van der Waals surface area contributed by atoms with E-state index in [1.165, 1.54) is 0 Å². The molecule has 0 heterocycles. The van der Waals surface area contributed by atoms with Gasteiger partial charge in [0.2, 0.25) is 0 Å². The van der Waals surface area contributed by atoms with E-state index in [1.54, 1.807) is 60.7 Å². The van der Waals surface area contributed by atoms with E-state index in [0.29, 0.717) is 11.3 Å². The Labute approximate surface area is 129 Å². The summed E-state index contributed by atoms with van der Waals surface area (Å²) in [5, 5.41) is 2.55. The van der Waals surface area contributed by atoms with Gasteiger partial charge in [-0.25, -0.2) is 0 Å². The molecular formula is C16H14F5NO. The average Bonchev–Trinajstić information content (AvgIpc) is 2.47. The van der Waals surface area contributed by atoms with Crippen LogP contribution in [0.25, 0.3) is 0 Å². The molecule has 0 spiro atoms. The number of hydrogen-bond donors (Lipinski definition) is 1. The van der Waals surface area contributed by atoms with E-state index in [9.17, 15) is 22.0 Å². The summed E-state index contributed by atoms with van der Waals surface area (Å²) in [4.78, 5) is 0. The molecule has 2 nitrogen and oxygen atoms in total. The topological polar surface area (TPSA) is 21.3 Å². The summed E-state index contributed by atoms with van der Waals surface area (Å²) < 4.78 is 67.5. The molecule has 0 bridgehead atoms. The van der Waals surface area contributed by atoms with Gasteiger partial charge in [-0.1, -0.05) is 48.5 Å². The first kappa shape index (κ1) is 17.2. The van der Waals surface area contributed by atoms with Gasteiger partial charge < -0.3 is 5.32 Å². The van der Waals surface area contributed by atoms with E-state index >= 15 is 0 Å². The largest absolute Gasteiger partial charge is 0.483 e. The molecular weight excluding hydrogens is 317 g/mol. The second-order valence-corrected chi connectivity index (χ2v) is 4.82. The van der Waals surface area contributed by atoms with E-state index in [4.69, 9.17) is 0 Å². The van der Waals surface area contributed by atoms with Crippen molar-refractivity contribution in [2.45, 2.75) is 24.9 Å². The summed E-state index contributed by atoms with van der Waals surface area (Å²) in [6, 6.07) is 16.3. The summed E-state index contributed by atoms with van der Waals surface area (Å²) in [6.45, 7) is 0. The lowest BCUT2D eigenvalue weighted by atomic mass is 10.1. The Balaban J connectivity index is 2.17. The number of benzene rings is 2. The van der Waals surface area contributed by atoms with Crippen LogP contribution in [0, 0.1) is 0 Å². The van der Waals surface area contributed by atoms with E-state index in [-0.39, 0.29) is 6.42 Å². The van der Waals surface area contributed by atoms with Crippen molar-refractivity contribution >= 4 is 5.69 Å². The minimum absolute atomic E-state index is 0.151. The fraction of sp³-hybridized carbons (Fsp3) is 0.250. The summed E-state index contributed by atoms with van der Waals surface area (Å²) in [5.41, 5.74) is 0.949. The van der Waals surface area contributed by atoms with Gasteiger partial charge in [0.05, 0.1) is 0 Å². The number of ether oxygens (including phenoxy) is 1. The smallest absolute Gasteiger partial charge is 0.360 e. The molecule has 0 amide bonds. The van der Waals surface area contributed by atoms with Crippen molar-refractivity contribution in [2.75, 3.05) is 5.32 Å². The van der Waals surface area contributed by atoms with Crippen molar-refractivity contribution in [3.63, 3.8) is 0 Å². The fourth-order valence-corrected chi connectivity index (χ4v) is 1.92. The molecule has 23 heavy (non-hydrogen) atoms. The van der Waals surface area contributed by atoms with Crippen molar-refractivity contribution in [3.8, 4) is 0 Å². The molecule has 1 atom stereocenters. The average molecular weight is 331 g/mol. The molecule has 1 N–H and O–H groups in total. The Hall–Kier alpha value is -2.15. The lowest BCUT2D eigenvalue weighted by Crippen LogP contribution is -2.44. The highest BCUT2D eigenvalue weighted by molar-refractivity contribution is 5.43. The minimum atomic E-state index is -5.78. The molecule has 0 aliphatic rings. The molecule has 0 aliphatic carbocycles. The van der Waals surface area contributed by atoms with Crippen molar-refractivity contribution in [1.29, 1.82) is 0 Å². The molecule has 0 aliphatic heterocycles. The standard InChI is InChI=1S/C16H14F5NO/c17-15(18,19)16(20,21)23-14(11-12-7-3-1-4-8-12)22-13-9-5-2-6-10-13/h1-10,14,22H,11H2. The Kier molecular flexibility index (Phi) is 5.20. The van der Waals surface area contributed by atoms with Crippen LogP contribution in [-0.2, 0) is 11.2 Å². The third-order valence-electron chi connectivity index (χ3n) is 2.99. The van der Waals surface area contributed by atoms with Gasteiger partial charge in [0.15, 0.2) is 0 Å². The maximum atomic E-state index is 13.2. The minimum Gasteiger partial charge on any atom is -0.360 e. The number of anilines is 1. The Morgan fingerprint density at radius 1 is 0.826 bits per heavy atom. The van der Waals surface area contributed by atoms with Crippen LogP contribution < -0.4 is 5.32 Å². The summed E-state index contributed by atoms with van der Waals surface area (Å²) in [7, 11) is 0. The zero-order valence-corrected chi connectivity index (χ0v) is 11.9. The third kappa shape index (κ3) is 4.92. The summed E-state index contributed by atoms with van der Waals surface area (Å²) in [6.07, 6.45) is -12.7. The van der Waals surface area contributed by atoms with E-state index in [1.807, 2.05) is 0 Å². The van der Waals surface area contributed by atoms with Gasteiger partial charge in [-0.15, -0.1) is 0 Å². The Bertz CT molecular complexity index is 559. The molecule has 2 aromatic rings. The van der Waals surface area contributed by atoms with Gasteiger partial charge in [0.1, 0.15) is 6.23 Å². The van der Waals surface area contributed by atoms with Crippen LogP contribution in [0.2, 0.25) is 0 Å². The van der Waals surface area contributed by atoms with Gasteiger partial charge in [-0.3, -0.25) is 4.74 Å². The molecule has 1 unspecified atom stereocenters. The van der Waals surface area contributed by atoms with Crippen LogP contribution in [-0.4, -0.2) is 18.5 Å². The number of alkyl halides is 5. The SMILES string of the molecule is FC(F)(F)C(F)(F)OC(Cc1ccccc1)Nc1ccccc1. The maximum Gasteiger partial charge on any atom is 0.483 e.